The molecule has 1 aromatic heterocycles. The molecule has 0 aliphatic heterocycles. The smallest absolute Gasteiger partial charge is 0.271 e. The largest absolute Gasteiger partial charge is 0.494 e. The fraction of sp³-hybridized carbons (Fsp3) is 0.316. The lowest BCUT2D eigenvalue weighted by atomic mass is 10.1. The van der Waals surface area contributed by atoms with Crippen molar-refractivity contribution in [3.8, 4) is 11.9 Å². The van der Waals surface area contributed by atoms with Gasteiger partial charge < -0.3 is 5.11 Å². The number of nitrogens with zero attached hydrogens (tertiary/aromatic N) is 3. The number of unbranched alkanes of at least 4 members (excludes halogenated alkanes) is 2. The number of halogens is 1. The van der Waals surface area contributed by atoms with E-state index in [1.54, 1.807) is 6.92 Å². The predicted molar refractivity (Wildman–Crippen MR) is 103 cm³/mol. The van der Waals surface area contributed by atoms with Crippen molar-refractivity contribution in [2.45, 2.75) is 39.7 Å². The van der Waals surface area contributed by atoms with Crippen LogP contribution in [0, 0.1) is 18.3 Å². The zero-order valence-electron chi connectivity index (χ0n) is 14.3. The number of hydrogen-bond acceptors (Lipinski definition) is 4. The Kier molecular flexibility index (Phi) is 6.54. The lowest BCUT2D eigenvalue weighted by Gasteiger charge is -2.13. The van der Waals surface area contributed by atoms with Gasteiger partial charge in [-0.1, -0.05) is 41.8 Å². The molecule has 0 saturated carbocycles. The summed E-state index contributed by atoms with van der Waals surface area (Å²) in [5, 5.41) is 19.9. The minimum absolute atomic E-state index is 0.0463. The van der Waals surface area contributed by atoms with Crippen LogP contribution in [0.15, 0.2) is 38.5 Å². The molecule has 2 rings (SSSR count). The summed E-state index contributed by atoms with van der Waals surface area (Å²) in [6.07, 6.45) is 4.22. The quantitative estimate of drug-likeness (QED) is 0.573. The van der Waals surface area contributed by atoms with Crippen LogP contribution in [0.5, 0.6) is 5.88 Å². The molecule has 0 fully saturated rings. The molecule has 0 bridgehead atoms. The Morgan fingerprint density at radius 1 is 1.40 bits per heavy atom. The van der Waals surface area contributed by atoms with Gasteiger partial charge in [-0.2, -0.15) is 5.26 Å². The third-order valence-corrected chi connectivity index (χ3v) is 4.48. The molecule has 5 nitrogen and oxygen atoms in total. The van der Waals surface area contributed by atoms with E-state index in [9.17, 15) is 15.2 Å². The number of aliphatic imine (C=N–C) groups is 1. The van der Waals surface area contributed by atoms with Gasteiger partial charge in [0.05, 0.1) is 11.3 Å². The third kappa shape index (κ3) is 4.37. The number of rotatable bonds is 6. The van der Waals surface area contributed by atoms with E-state index in [1.807, 2.05) is 30.3 Å². The van der Waals surface area contributed by atoms with Crippen LogP contribution in [0.4, 0.5) is 5.69 Å². The molecule has 0 atom stereocenters. The van der Waals surface area contributed by atoms with Crippen LogP contribution in [0.2, 0.25) is 0 Å². The van der Waals surface area contributed by atoms with E-state index in [0.717, 1.165) is 23.7 Å². The minimum atomic E-state index is -0.451. The molecule has 2 aromatic rings. The fourth-order valence-corrected chi connectivity index (χ4v) is 2.94. The average Bonchev–Trinajstić information content (AvgIpc) is 2.58. The standard InChI is InChI=1S/C19H20BrN3O2/c1-3-4-5-9-23-18(24)16(11-21)13(2)17(19(23)25)12-22-15-8-6-7-14(20)10-15/h6-8,10,12,25H,3-5,9H2,1-2H3. The summed E-state index contributed by atoms with van der Waals surface area (Å²) in [6.45, 7) is 4.10. The van der Waals surface area contributed by atoms with Gasteiger partial charge in [-0.25, -0.2) is 0 Å². The van der Waals surface area contributed by atoms with Crippen molar-refractivity contribution in [1.29, 1.82) is 5.26 Å². The van der Waals surface area contributed by atoms with Crippen molar-refractivity contribution in [3.05, 3.63) is 55.8 Å². The van der Waals surface area contributed by atoms with Crippen LogP contribution in [0.1, 0.15) is 42.9 Å². The molecule has 0 spiro atoms. The first kappa shape index (κ1) is 18.9. The topological polar surface area (TPSA) is 78.4 Å². The Hall–Kier alpha value is -2.39. The molecule has 0 aliphatic carbocycles. The first-order valence-corrected chi connectivity index (χ1v) is 8.95. The molecular weight excluding hydrogens is 382 g/mol. The van der Waals surface area contributed by atoms with Crippen LogP contribution >= 0.6 is 15.9 Å². The third-order valence-electron chi connectivity index (χ3n) is 3.98. The number of hydrogen-bond donors (Lipinski definition) is 1. The van der Waals surface area contributed by atoms with E-state index in [-0.39, 0.29) is 11.4 Å². The van der Waals surface area contributed by atoms with Crippen LogP contribution < -0.4 is 5.56 Å². The van der Waals surface area contributed by atoms with Gasteiger partial charge in [0.15, 0.2) is 0 Å². The van der Waals surface area contributed by atoms with Gasteiger partial charge in [0.2, 0.25) is 5.88 Å². The van der Waals surface area contributed by atoms with Crippen molar-refractivity contribution >= 4 is 27.8 Å². The molecular formula is C19H20BrN3O2. The molecule has 0 saturated heterocycles. The first-order valence-electron chi connectivity index (χ1n) is 8.15. The van der Waals surface area contributed by atoms with Crippen molar-refractivity contribution < 1.29 is 5.11 Å². The molecule has 1 aromatic carbocycles. The molecule has 1 heterocycles. The Morgan fingerprint density at radius 2 is 2.16 bits per heavy atom. The van der Waals surface area contributed by atoms with Crippen molar-refractivity contribution in [2.24, 2.45) is 4.99 Å². The monoisotopic (exact) mass is 401 g/mol. The van der Waals surface area contributed by atoms with Crippen molar-refractivity contribution in [3.63, 3.8) is 0 Å². The number of benzene rings is 1. The first-order chi connectivity index (χ1) is 12.0. The molecule has 6 heteroatoms. The average molecular weight is 402 g/mol. The molecule has 0 unspecified atom stereocenters. The van der Waals surface area contributed by atoms with E-state index < -0.39 is 5.56 Å². The van der Waals surface area contributed by atoms with Gasteiger partial charge in [0.25, 0.3) is 5.56 Å². The fourth-order valence-electron chi connectivity index (χ4n) is 2.55. The summed E-state index contributed by atoms with van der Waals surface area (Å²) in [5.41, 5.74) is 1.14. The maximum atomic E-state index is 12.4. The lowest BCUT2D eigenvalue weighted by Crippen LogP contribution is -2.25. The number of aromatic nitrogens is 1. The number of pyridine rings is 1. The Labute approximate surface area is 155 Å². The Morgan fingerprint density at radius 3 is 2.80 bits per heavy atom. The zero-order chi connectivity index (χ0) is 18.4. The van der Waals surface area contributed by atoms with Crippen LogP contribution in [-0.2, 0) is 6.54 Å². The van der Waals surface area contributed by atoms with Crippen LogP contribution in [0.3, 0.4) is 0 Å². The zero-order valence-corrected chi connectivity index (χ0v) is 15.9. The maximum Gasteiger partial charge on any atom is 0.271 e. The van der Waals surface area contributed by atoms with Gasteiger partial charge in [0.1, 0.15) is 11.6 Å². The number of nitriles is 1. The summed E-state index contributed by atoms with van der Waals surface area (Å²) in [6, 6.07) is 9.37. The minimum Gasteiger partial charge on any atom is -0.494 e. The van der Waals surface area contributed by atoms with Gasteiger partial charge in [-0.3, -0.25) is 14.4 Å². The predicted octanol–water partition coefficient (Wildman–Crippen LogP) is 4.44. The highest BCUT2D eigenvalue weighted by Gasteiger charge is 2.17. The summed E-state index contributed by atoms with van der Waals surface area (Å²) in [5.74, 6) is -0.142. The van der Waals surface area contributed by atoms with Crippen molar-refractivity contribution in [2.75, 3.05) is 0 Å². The highest BCUT2D eigenvalue weighted by atomic mass is 79.9. The Bertz CT molecular complexity index is 895. The Balaban J connectivity index is 2.51. The second kappa shape index (κ2) is 8.63. The molecule has 0 aliphatic rings. The van der Waals surface area contributed by atoms with E-state index in [4.69, 9.17) is 0 Å². The second-order valence-electron chi connectivity index (χ2n) is 5.75. The van der Waals surface area contributed by atoms with Crippen LogP contribution in [-0.4, -0.2) is 15.9 Å². The summed E-state index contributed by atoms with van der Waals surface area (Å²) < 4.78 is 2.16. The summed E-state index contributed by atoms with van der Waals surface area (Å²) >= 11 is 3.38. The highest BCUT2D eigenvalue weighted by Crippen LogP contribution is 2.23. The lowest BCUT2D eigenvalue weighted by molar-refractivity contribution is 0.398. The van der Waals surface area contributed by atoms with Crippen molar-refractivity contribution in [1.82, 2.24) is 4.57 Å². The summed E-state index contributed by atoms with van der Waals surface area (Å²) in [7, 11) is 0. The normalized spacial score (nSPS) is 11.0. The van der Waals surface area contributed by atoms with Gasteiger partial charge >= 0.3 is 0 Å². The molecule has 1 N–H and O–H groups in total. The van der Waals surface area contributed by atoms with Gasteiger partial charge in [-0.15, -0.1) is 0 Å². The van der Waals surface area contributed by atoms with Gasteiger partial charge in [-0.05, 0) is 37.1 Å². The molecule has 0 radical (unpaired) electrons. The SMILES string of the molecule is CCCCCn1c(O)c(C=Nc2cccc(Br)c2)c(C)c(C#N)c1=O. The highest BCUT2D eigenvalue weighted by molar-refractivity contribution is 9.10. The van der Waals surface area contributed by atoms with Gasteiger partial charge in [0, 0.05) is 17.2 Å². The van der Waals surface area contributed by atoms with Crippen LogP contribution in [0.25, 0.3) is 0 Å². The maximum absolute atomic E-state index is 12.4. The molecule has 130 valence electrons. The van der Waals surface area contributed by atoms with E-state index in [0.29, 0.717) is 23.4 Å². The summed E-state index contributed by atoms with van der Waals surface area (Å²) in [4.78, 5) is 16.8. The van der Waals surface area contributed by atoms with E-state index >= 15 is 0 Å². The van der Waals surface area contributed by atoms with E-state index in [1.165, 1.54) is 10.8 Å². The number of aromatic hydroxyl groups is 1. The second-order valence-corrected chi connectivity index (χ2v) is 6.67. The van der Waals surface area contributed by atoms with E-state index in [2.05, 4.69) is 27.8 Å². The molecule has 25 heavy (non-hydrogen) atoms. The molecule has 0 amide bonds.